The normalized spacial score (nSPS) is 15.3. The second-order valence-corrected chi connectivity index (χ2v) is 5.10. The fourth-order valence-electron chi connectivity index (χ4n) is 1.52. The smallest absolute Gasteiger partial charge is 0.237 e. The Balaban J connectivity index is 2.41. The summed E-state index contributed by atoms with van der Waals surface area (Å²) in [5, 5.41) is 8.92. The van der Waals surface area contributed by atoms with Crippen molar-refractivity contribution in [2.75, 3.05) is 23.8 Å². The van der Waals surface area contributed by atoms with Crippen LogP contribution >= 0.6 is 27.7 Å². The number of halogens is 1. The lowest BCUT2D eigenvalue weighted by Crippen LogP contribution is -2.37. The molecule has 0 unspecified atom stereocenters. The molecule has 1 heterocycles. The van der Waals surface area contributed by atoms with Crippen molar-refractivity contribution in [1.29, 1.82) is 0 Å². The predicted octanol–water partition coefficient (Wildman–Crippen LogP) is 1.88. The highest BCUT2D eigenvalue weighted by Crippen LogP contribution is 2.36. The van der Waals surface area contributed by atoms with E-state index < -0.39 is 0 Å². The van der Waals surface area contributed by atoms with Gasteiger partial charge in [0.05, 0.1) is 18.0 Å². The number of thioether (sulfide) groups is 1. The van der Waals surface area contributed by atoms with Crippen molar-refractivity contribution in [3.8, 4) is 0 Å². The number of hydrogen-bond acceptors (Lipinski definition) is 3. The minimum Gasteiger partial charge on any atom is -0.395 e. The number of carbonyl (C=O) groups excluding carboxylic acids is 1. The molecule has 0 radical (unpaired) electrons. The predicted molar refractivity (Wildman–Crippen MR) is 64.3 cm³/mol. The molecule has 3 nitrogen and oxygen atoms in total. The highest BCUT2D eigenvalue weighted by atomic mass is 79.9. The van der Waals surface area contributed by atoms with E-state index in [1.807, 2.05) is 18.2 Å². The number of anilines is 1. The first-order valence-corrected chi connectivity index (χ1v) is 6.34. The first kappa shape index (κ1) is 11.0. The molecular formula is C10H10BrNO2S. The van der Waals surface area contributed by atoms with Crippen LogP contribution in [-0.4, -0.2) is 29.9 Å². The Hall–Kier alpha value is -0.520. The van der Waals surface area contributed by atoms with E-state index in [4.69, 9.17) is 5.11 Å². The van der Waals surface area contributed by atoms with Crippen LogP contribution in [0.3, 0.4) is 0 Å². The minimum atomic E-state index is -0.0115. The molecule has 0 spiro atoms. The molecule has 1 amide bonds. The molecule has 1 aromatic rings. The van der Waals surface area contributed by atoms with Crippen LogP contribution in [0.5, 0.6) is 0 Å². The number of amides is 1. The second-order valence-electron chi connectivity index (χ2n) is 3.17. The molecule has 2 rings (SSSR count). The number of nitrogens with zero attached hydrogens (tertiary/aromatic N) is 1. The van der Waals surface area contributed by atoms with Crippen LogP contribution in [0.1, 0.15) is 0 Å². The van der Waals surface area contributed by atoms with Gasteiger partial charge < -0.3 is 10.0 Å². The Morgan fingerprint density at radius 2 is 2.33 bits per heavy atom. The van der Waals surface area contributed by atoms with Crippen LogP contribution in [0.4, 0.5) is 5.69 Å². The topological polar surface area (TPSA) is 40.5 Å². The lowest BCUT2D eigenvalue weighted by atomic mass is 10.2. The third-order valence-corrected chi connectivity index (χ3v) is 3.73. The molecule has 0 fully saturated rings. The summed E-state index contributed by atoms with van der Waals surface area (Å²) in [6.45, 7) is 0.352. The van der Waals surface area contributed by atoms with Gasteiger partial charge in [0, 0.05) is 15.9 Å². The van der Waals surface area contributed by atoms with Gasteiger partial charge >= 0.3 is 0 Å². The molecule has 0 atom stereocenters. The quantitative estimate of drug-likeness (QED) is 0.903. The van der Waals surface area contributed by atoms with E-state index in [-0.39, 0.29) is 12.5 Å². The number of fused-ring (bicyclic) bond motifs is 1. The molecule has 0 saturated carbocycles. The summed E-state index contributed by atoms with van der Waals surface area (Å²) in [6, 6.07) is 5.86. The SMILES string of the molecule is O=C1CSc2ccc(Br)cc2N1CCO. The molecule has 0 aromatic heterocycles. The molecule has 1 N–H and O–H groups in total. The maximum atomic E-state index is 11.6. The average Bonchev–Trinajstić information content (AvgIpc) is 2.23. The van der Waals surface area contributed by atoms with Crippen molar-refractivity contribution in [2.45, 2.75) is 4.90 Å². The highest BCUT2D eigenvalue weighted by Gasteiger charge is 2.24. The molecule has 15 heavy (non-hydrogen) atoms. The highest BCUT2D eigenvalue weighted by molar-refractivity contribution is 9.10. The van der Waals surface area contributed by atoms with Gasteiger partial charge in [-0.2, -0.15) is 0 Å². The maximum absolute atomic E-state index is 11.6. The molecule has 0 bridgehead atoms. The zero-order chi connectivity index (χ0) is 10.8. The zero-order valence-corrected chi connectivity index (χ0v) is 10.3. The van der Waals surface area contributed by atoms with Crippen molar-refractivity contribution in [1.82, 2.24) is 0 Å². The average molecular weight is 288 g/mol. The van der Waals surface area contributed by atoms with Gasteiger partial charge in [0.2, 0.25) is 5.91 Å². The van der Waals surface area contributed by atoms with E-state index in [1.54, 1.807) is 16.7 Å². The fraction of sp³-hybridized carbons (Fsp3) is 0.300. The molecule has 80 valence electrons. The second kappa shape index (κ2) is 4.55. The summed E-state index contributed by atoms with van der Waals surface area (Å²) in [5.74, 6) is 0.508. The van der Waals surface area contributed by atoms with Crippen LogP contribution in [0.2, 0.25) is 0 Å². The molecule has 1 aliphatic heterocycles. The van der Waals surface area contributed by atoms with E-state index in [1.165, 1.54) is 0 Å². The van der Waals surface area contributed by atoms with Crippen molar-refractivity contribution in [3.63, 3.8) is 0 Å². The summed E-state index contributed by atoms with van der Waals surface area (Å²) in [6.07, 6.45) is 0. The van der Waals surface area contributed by atoms with Crippen LogP contribution < -0.4 is 4.90 Å². The van der Waals surface area contributed by atoms with Crippen LogP contribution in [0.25, 0.3) is 0 Å². The third-order valence-electron chi connectivity index (χ3n) is 2.19. The Labute approximate surface area is 101 Å². The zero-order valence-electron chi connectivity index (χ0n) is 7.94. The van der Waals surface area contributed by atoms with E-state index in [0.29, 0.717) is 12.3 Å². The van der Waals surface area contributed by atoms with Crippen molar-refractivity contribution < 1.29 is 9.90 Å². The van der Waals surface area contributed by atoms with E-state index in [9.17, 15) is 4.79 Å². The Kier molecular flexibility index (Phi) is 3.33. The summed E-state index contributed by atoms with van der Waals surface area (Å²) < 4.78 is 0.944. The first-order valence-electron chi connectivity index (χ1n) is 4.56. The summed E-state index contributed by atoms with van der Waals surface area (Å²) in [5.41, 5.74) is 0.889. The number of benzene rings is 1. The fourth-order valence-corrected chi connectivity index (χ4v) is 2.79. The van der Waals surface area contributed by atoms with Gasteiger partial charge in [-0.25, -0.2) is 0 Å². The third kappa shape index (κ3) is 2.19. The Morgan fingerprint density at radius 3 is 3.07 bits per heavy atom. The number of aliphatic hydroxyl groups is 1. The van der Waals surface area contributed by atoms with Gasteiger partial charge in [-0.3, -0.25) is 4.79 Å². The van der Waals surface area contributed by atoms with E-state index >= 15 is 0 Å². The standard InChI is InChI=1S/C10H10BrNO2S/c11-7-1-2-9-8(5-7)12(3-4-13)10(14)6-15-9/h1-2,5,13H,3-4,6H2. The van der Waals surface area contributed by atoms with Gasteiger partial charge in [0.25, 0.3) is 0 Å². The Bertz CT molecular complexity index is 397. The van der Waals surface area contributed by atoms with Gasteiger partial charge in [0.1, 0.15) is 0 Å². The van der Waals surface area contributed by atoms with Gasteiger partial charge in [0.15, 0.2) is 0 Å². The first-order chi connectivity index (χ1) is 7.22. The number of β-amino-alcohol motifs (C(OH)–C–C–N with tert-alkyl or cyclic N) is 1. The summed E-state index contributed by atoms with van der Waals surface area (Å²) >= 11 is 4.92. The van der Waals surface area contributed by atoms with Crippen molar-refractivity contribution >= 4 is 39.3 Å². The lowest BCUT2D eigenvalue weighted by Gasteiger charge is -2.28. The molecule has 0 saturated heterocycles. The molecule has 0 aliphatic carbocycles. The number of hydrogen-bond donors (Lipinski definition) is 1. The maximum Gasteiger partial charge on any atom is 0.237 e. The number of rotatable bonds is 2. The number of carbonyl (C=O) groups is 1. The van der Waals surface area contributed by atoms with Crippen molar-refractivity contribution in [2.24, 2.45) is 0 Å². The molecule has 1 aliphatic rings. The monoisotopic (exact) mass is 287 g/mol. The van der Waals surface area contributed by atoms with Gasteiger partial charge in [-0.05, 0) is 18.2 Å². The minimum absolute atomic E-state index is 0.0115. The van der Waals surface area contributed by atoms with Crippen LogP contribution in [0, 0.1) is 0 Å². The van der Waals surface area contributed by atoms with E-state index in [0.717, 1.165) is 15.1 Å². The Morgan fingerprint density at radius 1 is 1.53 bits per heavy atom. The molecular weight excluding hydrogens is 278 g/mol. The van der Waals surface area contributed by atoms with Crippen molar-refractivity contribution in [3.05, 3.63) is 22.7 Å². The largest absolute Gasteiger partial charge is 0.395 e. The van der Waals surface area contributed by atoms with Crippen LogP contribution in [0.15, 0.2) is 27.6 Å². The van der Waals surface area contributed by atoms with Crippen LogP contribution in [-0.2, 0) is 4.79 Å². The molecule has 1 aromatic carbocycles. The lowest BCUT2D eigenvalue weighted by molar-refractivity contribution is -0.116. The summed E-state index contributed by atoms with van der Waals surface area (Å²) in [4.78, 5) is 14.4. The van der Waals surface area contributed by atoms with E-state index in [2.05, 4.69) is 15.9 Å². The van der Waals surface area contributed by atoms with Gasteiger partial charge in [-0.1, -0.05) is 15.9 Å². The number of aliphatic hydroxyl groups excluding tert-OH is 1. The molecule has 5 heteroatoms. The summed E-state index contributed by atoms with van der Waals surface area (Å²) in [7, 11) is 0. The van der Waals surface area contributed by atoms with Gasteiger partial charge in [-0.15, -0.1) is 11.8 Å².